The number of rotatable bonds is 3. The molecule has 0 aliphatic carbocycles. The minimum atomic E-state index is -4.53. The van der Waals surface area contributed by atoms with Gasteiger partial charge in [0.25, 0.3) is 0 Å². The normalized spacial score (nSPS) is 12.3. The summed E-state index contributed by atoms with van der Waals surface area (Å²) in [5, 5.41) is 8.92. The van der Waals surface area contributed by atoms with Gasteiger partial charge in [-0.1, -0.05) is 30.7 Å². The molecule has 0 atom stereocenters. The zero-order valence-corrected chi connectivity index (χ0v) is 17.0. The van der Waals surface area contributed by atoms with Crippen LogP contribution in [0.4, 0.5) is 13.2 Å². The maximum Gasteiger partial charge on any atom is 0.435 e. The second-order valence-electron chi connectivity index (χ2n) is 6.94. The summed E-state index contributed by atoms with van der Waals surface area (Å²) < 4.78 is 48.2. The van der Waals surface area contributed by atoms with E-state index in [1.165, 1.54) is 4.68 Å². The summed E-state index contributed by atoms with van der Waals surface area (Å²) in [5.74, 6) is 0.558. The van der Waals surface area contributed by atoms with Gasteiger partial charge in [-0.2, -0.15) is 27.9 Å². The van der Waals surface area contributed by atoms with E-state index in [4.69, 9.17) is 16.0 Å². The van der Waals surface area contributed by atoms with E-state index in [-0.39, 0.29) is 0 Å². The molecular formula is C20H18ClF3N4O. The fourth-order valence-electron chi connectivity index (χ4n) is 3.43. The molecule has 3 aromatic heterocycles. The summed E-state index contributed by atoms with van der Waals surface area (Å²) in [6.45, 7) is 7.15. The van der Waals surface area contributed by atoms with Crippen LogP contribution in [0.2, 0.25) is 5.02 Å². The van der Waals surface area contributed by atoms with E-state index in [9.17, 15) is 13.2 Å². The lowest BCUT2D eigenvalue weighted by atomic mass is 10.1. The van der Waals surface area contributed by atoms with Crippen molar-refractivity contribution in [2.75, 3.05) is 0 Å². The highest BCUT2D eigenvalue weighted by Crippen LogP contribution is 2.37. The third kappa shape index (κ3) is 3.11. The number of fused-ring (bicyclic) bond motifs is 1. The van der Waals surface area contributed by atoms with Crippen LogP contribution >= 0.6 is 11.6 Å². The van der Waals surface area contributed by atoms with Crippen molar-refractivity contribution in [1.29, 1.82) is 0 Å². The molecule has 4 aromatic rings. The molecule has 0 unspecified atom stereocenters. The Morgan fingerprint density at radius 1 is 1.10 bits per heavy atom. The van der Waals surface area contributed by atoms with Gasteiger partial charge in [-0.3, -0.25) is 0 Å². The molecule has 0 N–H and O–H groups in total. The van der Waals surface area contributed by atoms with E-state index < -0.39 is 11.9 Å². The summed E-state index contributed by atoms with van der Waals surface area (Å²) in [7, 11) is 0. The van der Waals surface area contributed by atoms with Gasteiger partial charge in [0.15, 0.2) is 11.4 Å². The van der Waals surface area contributed by atoms with Crippen LogP contribution in [0.1, 0.15) is 35.3 Å². The molecule has 4 rings (SSSR count). The first-order valence-corrected chi connectivity index (χ1v) is 9.41. The average molecular weight is 423 g/mol. The maximum atomic E-state index is 13.2. The molecule has 0 saturated carbocycles. The Morgan fingerprint density at radius 2 is 1.83 bits per heavy atom. The first-order chi connectivity index (χ1) is 13.6. The predicted octanol–water partition coefficient (Wildman–Crippen LogP) is 5.94. The van der Waals surface area contributed by atoms with E-state index in [0.717, 1.165) is 17.2 Å². The minimum absolute atomic E-state index is 0.325. The maximum absolute atomic E-state index is 13.2. The number of halogens is 4. The lowest BCUT2D eigenvalue weighted by Gasteiger charge is -2.04. The zero-order chi connectivity index (χ0) is 21.1. The number of nitrogens with zero attached hydrogens (tertiary/aromatic N) is 4. The Bertz CT molecular complexity index is 1230. The van der Waals surface area contributed by atoms with Gasteiger partial charge >= 0.3 is 6.18 Å². The van der Waals surface area contributed by atoms with Crippen molar-refractivity contribution in [3.05, 3.63) is 57.7 Å². The molecule has 9 heteroatoms. The second-order valence-corrected chi connectivity index (χ2v) is 7.34. The molecule has 1 aromatic carbocycles. The van der Waals surface area contributed by atoms with E-state index in [1.54, 1.807) is 18.4 Å². The summed E-state index contributed by atoms with van der Waals surface area (Å²) in [5.41, 5.74) is 3.09. The number of alkyl halides is 3. The van der Waals surface area contributed by atoms with Crippen molar-refractivity contribution in [3.63, 3.8) is 0 Å². The number of hydrogen-bond donors (Lipinski definition) is 0. The topological polar surface area (TPSA) is 48.3 Å². The van der Waals surface area contributed by atoms with Crippen LogP contribution in [-0.2, 0) is 12.6 Å². The van der Waals surface area contributed by atoms with Crippen molar-refractivity contribution in [1.82, 2.24) is 19.4 Å². The van der Waals surface area contributed by atoms with Crippen LogP contribution in [0, 0.1) is 20.8 Å². The van der Waals surface area contributed by atoms with Crippen molar-refractivity contribution < 1.29 is 17.6 Å². The first-order valence-electron chi connectivity index (χ1n) is 9.03. The van der Waals surface area contributed by atoms with Crippen LogP contribution in [0.5, 0.6) is 0 Å². The van der Waals surface area contributed by atoms with Crippen molar-refractivity contribution in [2.45, 2.75) is 40.3 Å². The molecule has 5 nitrogen and oxygen atoms in total. The number of oxazole rings is 1. The van der Waals surface area contributed by atoms with Gasteiger partial charge in [0.2, 0.25) is 5.71 Å². The standard InChI is InChI=1S/C20H18ClF3N4O/c1-5-15-18(27-11(3)9-16(26-27)20(22,23)24)19-28(25-15)17(12(4)29-19)13-7-6-10(2)8-14(13)21/h6-9H,5H2,1-4H3. The average Bonchev–Trinajstić information content (AvgIpc) is 3.26. The lowest BCUT2D eigenvalue weighted by Crippen LogP contribution is -2.08. The summed E-state index contributed by atoms with van der Waals surface area (Å²) >= 11 is 6.44. The van der Waals surface area contributed by atoms with Gasteiger partial charge in [-0.15, -0.1) is 0 Å². The van der Waals surface area contributed by atoms with Gasteiger partial charge in [0, 0.05) is 11.3 Å². The highest BCUT2D eigenvalue weighted by atomic mass is 35.5. The Hall–Kier alpha value is -2.74. The molecular weight excluding hydrogens is 405 g/mol. The fraction of sp³-hybridized carbons (Fsp3) is 0.300. The number of benzene rings is 1. The predicted molar refractivity (Wildman–Crippen MR) is 104 cm³/mol. The molecule has 0 spiro atoms. The first kappa shape index (κ1) is 19.6. The zero-order valence-electron chi connectivity index (χ0n) is 16.2. The van der Waals surface area contributed by atoms with E-state index in [0.29, 0.717) is 45.7 Å². The Kier molecular flexibility index (Phi) is 4.49. The van der Waals surface area contributed by atoms with Gasteiger partial charge in [0.1, 0.15) is 11.5 Å². The smallest absolute Gasteiger partial charge is 0.435 e. The quantitative estimate of drug-likeness (QED) is 0.410. The SMILES string of the molecule is CCc1nn2c(-c3ccc(C)cc3Cl)c(C)oc2c1-n1nc(C(F)(F)F)cc1C. The Labute approximate surface area is 169 Å². The highest BCUT2D eigenvalue weighted by Gasteiger charge is 2.35. The van der Waals surface area contributed by atoms with Crippen molar-refractivity contribution in [3.8, 4) is 16.9 Å². The number of aromatic nitrogens is 4. The van der Waals surface area contributed by atoms with Crippen LogP contribution in [0.3, 0.4) is 0 Å². The van der Waals surface area contributed by atoms with Gasteiger partial charge < -0.3 is 4.42 Å². The summed E-state index contributed by atoms with van der Waals surface area (Å²) in [6, 6.07) is 6.66. The minimum Gasteiger partial charge on any atom is -0.439 e. The van der Waals surface area contributed by atoms with Crippen LogP contribution in [0.15, 0.2) is 28.7 Å². The second kappa shape index (κ2) is 6.66. The molecule has 152 valence electrons. The third-order valence-electron chi connectivity index (χ3n) is 4.79. The van der Waals surface area contributed by atoms with Gasteiger partial charge in [0.05, 0.1) is 10.7 Å². The van der Waals surface area contributed by atoms with Crippen molar-refractivity contribution in [2.24, 2.45) is 0 Å². The van der Waals surface area contributed by atoms with Gasteiger partial charge in [-0.05, 0) is 44.9 Å². The van der Waals surface area contributed by atoms with Crippen LogP contribution < -0.4 is 0 Å². The molecule has 0 bridgehead atoms. The largest absolute Gasteiger partial charge is 0.439 e. The molecule has 0 fully saturated rings. The lowest BCUT2D eigenvalue weighted by molar-refractivity contribution is -0.141. The monoisotopic (exact) mass is 422 g/mol. The highest BCUT2D eigenvalue weighted by molar-refractivity contribution is 6.33. The molecule has 29 heavy (non-hydrogen) atoms. The molecule has 0 aliphatic heterocycles. The van der Waals surface area contributed by atoms with E-state index >= 15 is 0 Å². The Balaban J connectivity index is 1.99. The summed E-state index contributed by atoms with van der Waals surface area (Å²) in [4.78, 5) is 0. The Morgan fingerprint density at radius 3 is 2.41 bits per heavy atom. The number of hydrogen-bond acceptors (Lipinski definition) is 3. The third-order valence-corrected chi connectivity index (χ3v) is 5.10. The molecule has 0 saturated heterocycles. The van der Waals surface area contributed by atoms with E-state index in [2.05, 4.69) is 10.2 Å². The molecule has 3 heterocycles. The fourth-order valence-corrected chi connectivity index (χ4v) is 3.75. The molecule has 0 amide bonds. The molecule has 0 aliphatic rings. The van der Waals surface area contributed by atoms with Gasteiger partial charge in [-0.25, -0.2) is 4.68 Å². The summed E-state index contributed by atoms with van der Waals surface area (Å²) in [6.07, 6.45) is -4.04. The van der Waals surface area contributed by atoms with Crippen LogP contribution in [0.25, 0.3) is 22.7 Å². The van der Waals surface area contributed by atoms with Crippen molar-refractivity contribution >= 4 is 17.3 Å². The molecule has 0 radical (unpaired) electrons. The number of aryl methyl sites for hydroxylation is 4. The van der Waals surface area contributed by atoms with Crippen LogP contribution in [-0.4, -0.2) is 19.4 Å². The van der Waals surface area contributed by atoms with E-state index in [1.807, 2.05) is 32.0 Å².